The van der Waals surface area contributed by atoms with Gasteiger partial charge in [0, 0.05) is 25.6 Å². The van der Waals surface area contributed by atoms with Crippen molar-refractivity contribution >= 4 is 22.7 Å². The molecule has 1 aliphatic rings. The highest BCUT2D eigenvalue weighted by atomic mass is 16.2. The highest BCUT2D eigenvalue weighted by Gasteiger charge is 2.27. The molecule has 1 fully saturated rings. The highest BCUT2D eigenvalue weighted by Crippen LogP contribution is 2.17. The molecule has 2 aromatic rings. The normalized spacial score (nSPS) is 15.1. The Morgan fingerprint density at radius 1 is 1.22 bits per heavy atom. The van der Waals surface area contributed by atoms with E-state index >= 15 is 0 Å². The number of nitrogens with one attached hydrogen (secondary N) is 1. The number of piperidine rings is 1. The smallest absolute Gasteiger partial charge is 0.278 e. The first kappa shape index (κ1) is 19.0. The van der Waals surface area contributed by atoms with Crippen molar-refractivity contribution in [1.29, 1.82) is 0 Å². The number of hydrogen-bond acceptors (Lipinski definition) is 5. The molecule has 2 amide bonds. The number of amides is 2. The standard InChI is InChI=1S/C19H25N5O3/c1-2-3-10-20-18(26)14-8-11-23(12-9-14)17(25)13-24-19(27)15-6-4-5-7-16(15)21-22-24/h4-7,14H,2-3,8-13H2,1H3,(H,20,26). The minimum Gasteiger partial charge on any atom is -0.356 e. The SMILES string of the molecule is CCCCNC(=O)C1CCN(C(=O)Cn2nnc3ccccc3c2=O)CC1. The summed E-state index contributed by atoms with van der Waals surface area (Å²) in [5.74, 6) is -0.146. The van der Waals surface area contributed by atoms with Gasteiger partial charge in [-0.05, 0) is 31.4 Å². The third-order valence-electron chi connectivity index (χ3n) is 4.96. The van der Waals surface area contributed by atoms with Gasteiger partial charge in [0.05, 0.1) is 5.39 Å². The van der Waals surface area contributed by atoms with Crippen molar-refractivity contribution in [1.82, 2.24) is 25.2 Å². The Balaban J connectivity index is 1.56. The number of carbonyl (C=O) groups is 2. The Labute approximate surface area is 157 Å². The molecule has 2 heterocycles. The van der Waals surface area contributed by atoms with E-state index in [2.05, 4.69) is 22.6 Å². The van der Waals surface area contributed by atoms with E-state index < -0.39 is 0 Å². The van der Waals surface area contributed by atoms with Gasteiger partial charge >= 0.3 is 0 Å². The molecule has 0 aliphatic carbocycles. The number of aromatic nitrogens is 3. The molecule has 0 atom stereocenters. The second kappa shape index (κ2) is 8.75. The molecule has 1 N–H and O–H groups in total. The summed E-state index contributed by atoms with van der Waals surface area (Å²) in [5.41, 5.74) is 0.195. The van der Waals surface area contributed by atoms with Crippen molar-refractivity contribution < 1.29 is 9.59 Å². The van der Waals surface area contributed by atoms with E-state index in [1.807, 2.05) is 0 Å². The number of nitrogens with zero attached hydrogens (tertiary/aromatic N) is 4. The maximum atomic E-state index is 12.5. The van der Waals surface area contributed by atoms with Gasteiger partial charge in [-0.1, -0.05) is 30.7 Å². The van der Waals surface area contributed by atoms with Crippen LogP contribution in [0.2, 0.25) is 0 Å². The summed E-state index contributed by atoms with van der Waals surface area (Å²) in [5, 5.41) is 11.3. The van der Waals surface area contributed by atoms with E-state index in [1.165, 1.54) is 0 Å². The van der Waals surface area contributed by atoms with Crippen molar-refractivity contribution in [3.63, 3.8) is 0 Å². The second-order valence-corrected chi connectivity index (χ2v) is 6.87. The largest absolute Gasteiger partial charge is 0.356 e. The number of unbranched alkanes of at least 4 members (excludes halogenated alkanes) is 1. The topological polar surface area (TPSA) is 97.2 Å². The van der Waals surface area contributed by atoms with Crippen LogP contribution in [0.15, 0.2) is 29.1 Å². The van der Waals surface area contributed by atoms with E-state index in [9.17, 15) is 14.4 Å². The van der Waals surface area contributed by atoms with Crippen LogP contribution in [0.4, 0.5) is 0 Å². The van der Waals surface area contributed by atoms with Gasteiger partial charge in [0.1, 0.15) is 12.1 Å². The molecular weight excluding hydrogens is 346 g/mol. The number of benzene rings is 1. The Morgan fingerprint density at radius 2 is 1.96 bits per heavy atom. The van der Waals surface area contributed by atoms with Gasteiger partial charge in [0.2, 0.25) is 11.8 Å². The van der Waals surface area contributed by atoms with Crippen LogP contribution in [0.5, 0.6) is 0 Å². The maximum Gasteiger partial charge on any atom is 0.278 e. The fraction of sp³-hybridized carbons (Fsp3) is 0.526. The molecule has 27 heavy (non-hydrogen) atoms. The minimum atomic E-state index is -0.320. The van der Waals surface area contributed by atoms with Crippen LogP contribution in [0.25, 0.3) is 10.9 Å². The molecule has 0 bridgehead atoms. The van der Waals surface area contributed by atoms with Gasteiger partial charge in [0.15, 0.2) is 0 Å². The number of carbonyl (C=O) groups excluding carboxylic acids is 2. The monoisotopic (exact) mass is 371 g/mol. The Bertz CT molecular complexity index is 871. The first-order valence-corrected chi connectivity index (χ1v) is 9.48. The quantitative estimate of drug-likeness (QED) is 0.763. The number of hydrogen-bond donors (Lipinski definition) is 1. The Hall–Kier alpha value is -2.77. The van der Waals surface area contributed by atoms with E-state index in [1.54, 1.807) is 29.2 Å². The summed E-state index contributed by atoms with van der Waals surface area (Å²) in [6.07, 6.45) is 3.30. The summed E-state index contributed by atoms with van der Waals surface area (Å²) in [4.78, 5) is 38.8. The van der Waals surface area contributed by atoms with Gasteiger partial charge in [-0.2, -0.15) is 0 Å². The van der Waals surface area contributed by atoms with Crippen LogP contribution < -0.4 is 10.9 Å². The lowest BCUT2D eigenvalue weighted by molar-refractivity contribution is -0.136. The van der Waals surface area contributed by atoms with E-state index in [0.717, 1.165) is 17.5 Å². The molecule has 3 rings (SSSR count). The minimum absolute atomic E-state index is 0.0471. The molecule has 8 nitrogen and oxygen atoms in total. The van der Waals surface area contributed by atoms with E-state index in [-0.39, 0.29) is 29.8 Å². The van der Waals surface area contributed by atoms with Gasteiger partial charge in [-0.25, -0.2) is 4.68 Å². The third kappa shape index (κ3) is 4.50. The average molecular weight is 371 g/mol. The molecule has 0 radical (unpaired) electrons. The zero-order valence-electron chi connectivity index (χ0n) is 15.6. The Morgan fingerprint density at radius 3 is 2.70 bits per heavy atom. The predicted molar refractivity (Wildman–Crippen MR) is 101 cm³/mol. The molecule has 0 spiro atoms. The van der Waals surface area contributed by atoms with Crippen molar-refractivity contribution in [3.8, 4) is 0 Å². The lowest BCUT2D eigenvalue weighted by atomic mass is 9.96. The first-order chi connectivity index (χ1) is 13.1. The summed E-state index contributed by atoms with van der Waals surface area (Å²) < 4.78 is 1.11. The summed E-state index contributed by atoms with van der Waals surface area (Å²) in [6.45, 7) is 3.68. The second-order valence-electron chi connectivity index (χ2n) is 6.87. The molecule has 0 saturated carbocycles. The highest BCUT2D eigenvalue weighted by molar-refractivity contribution is 5.80. The fourth-order valence-corrected chi connectivity index (χ4v) is 3.28. The maximum absolute atomic E-state index is 12.5. The molecule has 1 aromatic heterocycles. The molecule has 8 heteroatoms. The number of likely N-dealkylation sites (tertiary alicyclic amines) is 1. The van der Waals surface area contributed by atoms with Gasteiger partial charge in [-0.3, -0.25) is 14.4 Å². The molecule has 1 aromatic carbocycles. The van der Waals surface area contributed by atoms with Crippen LogP contribution in [-0.2, 0) is 16.1 Å². The van der Waals surface area contributed by atoms with Gasteiger partial charge in [0.25, 0.3) is 5.56 Å². The number of fused-ring (bicyclic) bond motifs is 1. The molecular formula is C19H25N5O3. The van der Waals surface area contributed by atoms with Crippen LogP contribution in [0, 0.1) is 5.92 Å². The molecule has 1 saturated heterocycles. The first-order valence-electron chi connectivity index (χ1n) is 9.48. The zero-order valence-corrected chi connectivity index (χ0v) is 15.6. The predicted octanol–water partition coefficient (Wildman–Crippen LogP) is 0.946. The van der Waals surface area contributed by atoms with Crippen molar-refractivity contribution in [3.05, 3.63) is 34.6 Å². The third-order valence-corrected chi connectivity index (χ3v) is 4.96. The van der Waals surface area contributed by atoms with Crippen LogP contribution in [-0.4, -0.2) is 51.3 Å². The molecule has 0 unspecified atom stereocenters. The average Bonchev–Trinajstić information content (AvgIpc) is 2.70. The zero-order chi connectivity index (χ0) is 19.2. The van der Waals surface area contributed by atoms with Crippen LogP contribution in [0.1, 0.15) is 32.6 Å². The lowest BCUT2D eigenvalue weighted by Gasteiger charge is -2.31. The van der Waals surface area contributed by atoms with Gasteiger partial charge < -0.3 is 10.2 Å². The summed E-state index contributed by atoms with van der Waals surface area (Å²) >= 11 is 0. The van der Waals surface area contributed by atoms with Crippen molar-refractivity contribution in [2.45, 2.75) is 39.2 Å². The van der Waals surface area contributed by atoms with Crippen LogP contribution in [0.3, 0.4) is 0 Å². The van der Waals surface area contributed by atoms with Crippen molar-refractivity contribution in [2.24, 2.45) is 5.92 Å². The molecule has 1 aliphatic heterocycles. The number of rotatable bonds is 6. The lowest BCUT2D eigenvalue weighted by Crippen LogP contribution is -2.45. The summed E-state index contributed by atoms with van der Waals surface area (Å²) in [7, 11) is 0. The Kier molecular flexibility index (Phi) is 6.16. The fourth-order valence-electron chi connectivity index (χ4n) is 3.28. The van der Waals surface area contributed by atoms with E-state index in [0.29, 0.717) is 43.4 Å². The van der Waals surface area contributed by atoms with E-state index in [4.69, 9.17) is 0 Å². The molecule has 144 valence electrons. The summed E-state index contributed by atoms with van der Waals surface area (Å²) in [6, 6.07) is 6.94. The van der Waals surface area contributed by atoms with Gasteiger partial charge in [-0.15, -0.1) is 5.10 Å². The van der Waals surface area contributed by atoms with Crippen molar-refractivity contribution in [2.75, 3.05) is 19.6 Å². The van der Waals surface area contributed by atoms with Crippen LogP contribution >= 0.6 is 0 Å².